The van der Waals surface area contributed by atoms with E-state index in [-0.39, 0.29) is 43.4 Å². The molecule has 0 saturated heterocycles. The van der Waals surface area contributed by atoms with Crippen LogP contribution in [0.4, 0.5) is 9.59 Å². The number of rotatable bonds is 13. The molecule has 12 nitrogen and oxygen atoms in total. The van der Waals surface area contributed by atoms with E-state index >= 15 is 0 Å². The molecule has 194 valence electrons. The number of halogens is 2. The molecule has 0 bridgehead atoms. The number of esters is 1. The summed E-state index contributed by atoms with van der Waals surface area (Å²) in [5, 5.41) is 10.2. The van der Waals surface area contributed by atoms with Crippen molar-refractivity contribution in [3.63, 3.8) is 0 Å². The van der Waals surface area contributed by atoms with Gasteiger partial charge in [-0.15, -0.1) is 0 Å². The lowest BCUT2D eigenvalue weighted by Gasteiger charge is -2.26. The van der Waals surface area contributed by atoms with Crippen LogP contribution in [0.3, 0.4) is 0 Å². The molecule has 2 N–H and O–H groups in total. The second-order valence-electron chi connectivity index (χ2n) is 6.88. The number of amides is 2. The summed E-state index contributed by atoms with van der Waals surface area (Å²) in [5.41, 5.74) is 0. The van der Waals surface area contributed by atoms with Gasteiger partial charge in [0.05, 0.1) is 18.7 Å². The van der Waals surface area contributed by atoms with Gasteiger partial charge < -0.3 is 24.1 Å². The van der Waals surface area contributed by atoms with Gasteiger partial charge in [-0.3, -0.25) is 4.79 Å². The molecule has 0 aliphatic carbocycles. The molecular formula is C20H25Cl2NO11P+. The van der Waals surface area contributed by atoms with E-state index in [1.54, 1.807) is 12.1 Å². The Labute approximate surface area is 211 Å². The van der Waals surface area contributed by atoms with Crippen molar-refractivity contribution in [2.45, 2.75) is 44.9 Å². The topological polar surface area (TPSA) is 166 Å². The van der Waals surface area contributed by atoms with Crippen molar-refractivity contribution in [2.24, 2.45) is 0 Å². The maximum Gasteiger partial charge on any atom is 0.505 e. The van der Waals surface area contributed by atoms with Crippen LogP contribution < -0.4 is 4.74 Å². The normalized spacial score (nSPS) is 12.7. The monoisotopic (exact) mass is 556 g/mol. The fourth-order valence-electron chi connectivity index (χ4n) is 2.67. The molecule has 0 aromatic heterocycles. The number of benzene rings is 1. The van der Waals surface area contributed by atoms with E-state index in [0.29, 0.717) is 15.8 Å². The van der Waals surface area contributed by atoms with Crippen LogP contribution in [0.15, 0.2) is 18.2 Å². The minimum absolute atomic E-state index is 0.0721. The zero-order chi connectivity index (χ0) is 26.5. The maximum absolute atomic E-state index is 12.5. The van der Waals surface area contributed by atoms with Crippen molar-refractivity contribution < 1.29 is 52.7 Å². The lowest BCUT2D eigenvalue weighted by Crippen LogP contribution is -2.49. The van der Waals surface area contributed by atoms with Crippen LogP contribution in [0.2, 0.25) is 10.0 Å². The third-order valence-corrected chi connectivity index (χ3v) is 5.46. The number of ether oxygens (including phenoxy) is 4. The van der Waals surface area contributed by atoms with Gasteiger partial charge in [0.25, 0.3) is 0 Å². The van der Waals surface area contributed by atoms with Gasteiger partial charge in [0.1, 0.15) is 11.8 Å². The first kappa shape index (κ1) is 30.4. The number of hydrogen-bond acceptors (Lipinski definition) is 9. The van der Waals surface area contributed by atoms with E-state index in [9.17, 15) is 28.8 Å². The van der Waals surface area contributed by atoms with E-state index < -0.39 is 44.5 Å². The van der Waals surface area contributed by atoms with Crippen molar-refractivity contribution in [2.75, 3.05) is 19.9 Å². The Kier molecular flexibility index (Phi) is 13.3. The highest BCUT2D eigenvalue weighted by molar-refractivity contribution is 7.37. The Morgan fingerprint density at radius 2 is 1.80 bits per heavy atom. The zero-order valence-corrected chi connectivity index (χ0v) is 21.3. The third-order valence-electron chi connectivity index (χ3n) is 4.23. The van der Waals surface area contributed by atoms with Crippen molar-refractivity contribution in [3.05, 3.63) is 28.2 Å². The molecule has 0 radical (unpaired) electrons. The molecule has 3 atom stereocenters. The summed E-state index contributed by atoms with van der Waals surface area (Å²) >= 11 is 11.8. The van der Waals surface area contributed by atoms with Crippen molar-refractivity contribution in [3.8, 4) is 5.75 Å². The molecule has 15 heteroatoms. The van der Waals surface area contributed by atoms with Crippen LogP contribution in [0.1, 0.15) is 32.6 Å². The molecule has 0 spiro atoms. The SMILES string of the molecule is COC(=O)N(C(=O)OC(C)OC(=O)CCCOc1ccc(Cl)cc1Cl)C(CCC[P+](=O)O)C(=O)O. The van der Waals surface area contributed by atoms with Gasteiger partial charge in [0, 0.05) is 18.4 Å². The number of carbonyl (C=O) groups excluding carboxylic acids is 3. The number of imide groups is 1. The van der Waals surface area contributed by atoms with Crippen LogP contribution in [0, 0.1) is 0 Å². The largest absolute Gasteiger partial charge is 0.505 e. The van der Waals surface area contributed by atoms with E-state index in [0.717, 1.165) is 7.11 Å². The maximum atomic E-state index is 12.5. The van der Waals surface area contributed by atoms with Gasteiger partial charge >= 0.3 is 32.2 Å². The average molecular weight is 557 g/mol. The minimum atomic E-state index is -2.52. The second kappa shape index (κ2) is 15.4. The number of carboxylic acid groups (broad SMARTS) is 1. The number of methoxy groups -OCH3 is 1. The zero-order valence-electron chi connectivity index (χ0n) is 18.8. The Balaban J connectivity index is 2.60. The Bertz CT molecular complexity index is 930. The highest BCUT2D eigenvalue weighted by Crippen LogP contribution is 2.27. The molecule has 0 heterocycles. The van der Waals surface area contributed by atoms with E-state index in [1.807, 2.05) is 0 Å². The second-order valence-corrected chi connectivity index (χ2v) is 8.88. The number of hydrogen-bond donors (Lipinski definition) is 2. The molecule has 0 aliphatic rings. The van der Waals surface area contributed by atoms with Gasteiger partial charge in [-0.2, -0.15) is 9.79 Å². The molecular weight excluding hydrogens is 532 g/mol. The number of carboxylic acids is 1. The Morgan fingerprint density at radius 3 is 2.37 bits per heavy atom. The van der Waals surface area contributed by atoms with E-state index in [2.05, 4.69) is 4.74 Å². The van der Waals surface area contributed by atoms with Gasteiger partial charge in [0.15, 0.2) is 6.16 Å². The number of carbonyl (C=O) groups is 4. The van der Waals surface area contributed by atoms with Crippen LogP contribution in [-0.4, -0.2) is 71.2 Å². The summed E-state index contributed by atoms with van der Waals surface area (Å²) in [4.78, 5) is 57.1. The van der Waals surface area contributed by atoms with Crippen molar-refractivity contribution >= 4 is 55.4 Å². The number of nitrogens with zero attached hydrogens (tertiary/aromatic N) is 1. The standard InChI is InChI=1S/C20H24Cl2NO11P/c1-12(33-17(24)6-3-9-32-16-8-7-13(21)11-14(16)22)34-20(28)23(19(27)31-2)15(18(25)26)5-4-10-35(29)30/h7-8,11-12,15H,3-6,9-10H2,1-2H3,(H-,25,26,29,30)/p+1. The molecule has 0 aliphatic heterocycles. The predicted octanol–water partition coefficient (Wildman–Crippen LogP) is 4.21. The first-order valence-corrected chi connectivity index (χ1v) is 12.3. The lowest BCUT2D eigenvalue weighted by molar-refractivity contribution is -0.167. The van der Waals surface area contributed by atoms with Gasteiger partial charge in [-0.1, -0.05) is 23.2 Å². The first-order chi connectivity index (χ1) is 16.5. The van der Waals surface area contributed by atoms with Gasteiger partial charge in [0.2, 0.25) is 6.29 Å². The Morgan fingerprint density at radius 1 is 1.11 bits per heavy atom. The highest BCUT2D eigenvalue weighted by atomic mass is 35.5. The fourth-order valence-corrected chi connectivity index (χ4v) is 3.58. The van der Waals surface area contributed by atoms with Crippen LogP contribution in [0.5, 0.6) is 5.75 Å². The Hall–Kier alpha value is -2.66. The molecule has 2 amide bonds. The van der Waals surface area contributed by atoms with E-state index in [1.165, 1.54) is 13.0 Å². The third kappa shape index (κ3) is 11.1. The predicted molar refractivity (Wildman–Crippen MR) is 123 cm³/mol. The van der Waals surface area contributed by atoms with Crippen LogP contribution in [0.25, 0.3) is 0 Å². The molecule has 1 aromatic carbocycles. The summed E-state index contributed by atoms with van der Waals surface area (Å²) in [6, 6.07) is 2.94. The van der Waals surface area contributed by atoms with Gasteiger partial charge in [-0.05, 0) is 42.0 Å². The average Bonchev–Trinajstić information content (AvgIpc) is 2.76. The molecule has 1 aromatic rings. The summed E-state index contributed by atoms with van der Waals surface area (Å²) in [7, 11) is -1.60. The van der Waals surface area contributed by atoms with Crippen molar-refractivity contribution in [1.82, 2.24) is 4.90 Å². The fraction of sp³-hybridized carbons (Fsp3) is 0.500. The molecule has 0 saturated carbocycles. The molecule has 35 heavy (non-hydrogen) atoms. The smallest absolute Gasteiger partial charge is 0.492 e. The molecule has 0 fully saturated rings. The molecule has 1 rings (SSSR count). The van der Waals surface area contributed by atoms with Crippen LogP contribution >= 0.6 is 31.2 Å². The summed E-state index contributed by atoms with van der Waals surface area (Å²) < 4.78 is 30.5. The quantitative estimate of drug-likeness (QED) is 0.154. The summed E-state index contributed by atoms with van der Waals surface area (Å²) in [5.74, 6) is -1.93. The molecule has 3 unspecified atom stereocenters. The first-order valence-electron chi connectivity index (χ1n) is 10.2. The number of aliphatic carboxylic acids is 1. The van der Waals surface area contributed by atoms with E-state index in [4.69, 9.17) is 42.3 Å². The lowest BCUT2D eigenvalue weighted by atomic mass is 10.1. The van der Waals surface area contributed by atoms with Crippen molar-refractivity contribution in [1.29, 1.82) is 0 Å². The highest BCUT2D eigenvalue weighted by Gasteiger charge is 2.38. The summed E-state index contributed by atoms with van der Waals surface area (Å²) in [6.07, 6.45) is -4.72. The summed E-state index contributed by atoms with van der Waals surface area (Å²) in [6.45, 7) is 1.32. The van der Waals surface area contributed by atoms with Crippen LogP contribution in [-0.2, 0) is 28.4 Å². The minimum Gasteiger partial charge on any atom is -0.492 e. The van der Waals surface area contributed by atoms with Gasteiger partial charge in [-0.25, -0.2) is 14.4 Å².